The lowest BCUT2D eigenvalue weighted by Gasteiger charge is -2.34. The number of hydrogen-bond donors (Lipinski definition) is 1. The van der Waals surface area contributed by atoms with Crippen molar-refractivity contribution < 1.29 is 9.59 Å². The molecule has 0 radical (unpaired) electrons. The van der Waals surface area contributed by atoms with E-state index in [0.29, 0.717) is 12.6 Å². The first kappa shape index (κ1) is 17.5. The number of hydrogen-bond acceptors (Lipinski definition) is 3. The van der Waals surface area contributed by atoms with Crippen LogP contribution in [0.4, 0.5) is 4.79 Å². The molecule has 1 N–H and O–H groups in total. The van der Waals surface area contributed by atoms with E-state index in [4.69, 9.17) is 0 Å². The number of likely N-dealkylation sites (tertiary alicyclic amines) is 1. The molecule has 1 aliphatic carbocycles. The van der Waals surface area contributed by atoms with Gasteiger partial charge in [-0.25, -0.2) is 9.69 Å². The highest BCUT2D eigenvalue weighted by molar-refractivity contribution is 6.07. The molecule has 3 amide bonds. The number of benzene rings is 1. The third-order valence-corrected chi connectivity index (χ3v) is 6.37. The lowest BCUT2D eigenvalue weighted by molar-refractivity contribution is -0.134. The topological polar surface area (TPSA) is 52.7 Å². The number of rotatable bonds is 4. The molecule has 140 valence electrons. The van der Waals surface area contributed by atoms with Crippen LogP contribution in [0.5, 0.6) is 0 Å². The molecule has 26 heavy (non-hydrogen) atoms. The smallest absolute Gasteiger partial charge is 0.323 e. The summed E-state index contributed by atoms with van der Waals surface area (Å²) in [4.78, 5) is 29.0. The number of carbonyl (C=O) groups is 2. The number of amides is 3. The largest absolute Gasteiger partial charge is 0.326 e. The molecule has 3 fully saturated rings. The van der Waals surface area contributed by atoms with Gasteiger partial charge >= 0.3 is 6.03 Å². The van der Waals surface area contributed by atoms with Gasteiger partial charge < -0.3 is 5.32 Å². The molecule has 0 atom stereocenters. The predicted molar refractivity (Wildman–Crippen MR) is 101 cm³/mol. The maximum atomic E-state index is 12.9. The molecule has 0 aromatic heterocycles. The van der Waals surface area contributed by atoms with Gasteiger partial charge in [-0.05, 0) is 43.6 Å². The highest BCUT2D eigenvalue weighted by Gasteiger charge is 2.51. The molecule has 2 aliphatic heterocycles. The van der Waals surface area contributed by atoms with Crippen molar-refractivity contribution in [2.75, 3.05) is 19.8 Å². The second-order valence-electron chi connectivity index (χ2n) is 8.20. The van der Waals surface area contributed by atoms with Gasteiger partial charge in [0.2, 0.25) is 0 Å². The number of piperidine rings is 1. The van der Waals surface area contributed by atoms with E-state index in [1.807, 2.05) is 0 Å². The zero-order chi connectivity index (χ0) is 18.0. The van der Waals surface area contributed by atoms with E-state index in [-0.39, 0.29) is 11.9 Å². The molecule has 1 aromatic carbocycles. The standard InChI is InChI=1S/C21H29N3O2/c25-19-21(11-5-2-6-12-21)22-20(26)24(19)16-23-13-9-18(10-14-23)15-17-7-3-1-4-8-17/h1,3-4,7-8,18H,2,5-6,9-16H2,(H,22,26). The molecular weight excluding hydrogens is 326 g/mol. The normalized spacial score (nSPS) is 24.2. The number of nitrogens with one attached hydrogen (secondary N) is 1. The van der Waals surface area contributed by atoms with Crippen molar-refractivity contribution in [2.45, 2.75) is 56.9 Å². The molecule has 0 bridgehead atoms. The Hall–Kier alpha value is -1.88. The summed E-state index contributed by atoms with van der Waals surface area (Å²) >= 11 is 0. The zero-order valence-electron chi connectivity index (χ0n) is 15.5. The van der Waals surface area contributed by atoms with Crippen molar-refractivity contribution >= 4 is 11.9 Å². The van der Waals surface area contributed by atoms with E-state index in [9.17, 15) is 9.59 Å². The SMILES string of the molecule is O=C1NC2(CCCCC2)C(=O)N1CN1CCC(Cc2ccccc2)CC1. The first-order chi connectivity index (χ1) is 12.7. The average Bonchev–Trinajstić information content (AvgIpc) is 2.89. The predicted octanol–water partition coefficient (Wildman–Crippen LogP) is 3.15. The molecule has 1 saturated carbocycles. The Morgan fingerprint density at radius 2 is 1.69 bits per heavy atom. The first-order valence-electron chi connectivity index (χ1n) is 10.1. The summed E-state index contributed by atoms with van der Waals surface area (Å²) in [5.74, 6) is 0.704. The van der Waals surface area contributed by atoms with Crippen LogP contribution in [0.25, 0.3) is 0 Å². The van der Waals surface area contributed by atoms with Crippen LogP contribution in [0, 0.1) is 5.92 Å². The van der Waals surface area contributed by atoms with E-state index in [2.05, 4.69) is 40.5 Å². The number of carbonyl (C=O) groups excluding carboxylic acids is 2. The highest BCUT2D eigenvalue weighted by atomic mass is 16.2. The Labute approximate surface area is 155 Å². The third kappa shape index (κ3) is 3.50. The van der Waals surface area contributed by atoms with E-state index in [1.165, 1.54) is 16.9 Å². The third-order valence-electron chi connectivity index (χ3n) is 6.37. The summed E-state index contributed by atoms with van der Waals surface area (Å²) in [6.45, 7) is 2.37. The Bertz CT molecular complexity index is 646. The Kier molecular flexibility index (Phi) is 4.98. The maximum absolute atomic E-state index is 12.9. The molecule has 3 aliphatic rings. The second-order valence-corrected chi connectivity index (χ2v) is 8.20. The minimum atomic E-state index is -0.596. The van der Waals surface area contributed by atoms with E-state index in [1.54, 1.807) is 0 Å². The van der Waals surface area contributed by atoms with Crippen LogP contribution < -0.4 is 5.32 Å². The van der Waals surface area contributed by atoms with Gasteiger partial charge in [0.05, 0.1) is 6.67 Å². The number of nitrogens with zero attached hydrogens (tertiary/aromatic N) is 2. The Morgan fingerprint density at radius 3 is 2.38 bits per heavy atom. The van der Waals surface area contributed by atoms with Gasteiger partial charge in [-0.3, -0.25) is 9.69 Å². The lowest BCUT2D eigenvalue weighted by Crippen LogP contribution is -2.49. The minimum absolute atomic E-state index is 0.00797. The molecule has 5 heteroatoms. The molecule has 1 aromatic rings. The molecule has 0 unspecified atom stereocenters. The van der Waals surface area contributed by atoms with Gasteiger partial charge in [0, 0.05) is 13.1 Å². The fourth-order valence-corrected chi connectivity index (χ4v) is 4.78. The highest BCUT2D eigenvalue weighted by Crippen LogP contribution is 2.34. The summed E-state index contributed by atoms with van der Waals surface area (Å²) in [5, 5.41) is 3.01. The molecular formula is C21H29N3O2. The lowest BCUT2D eigenvalue weighted by atomic mass is 9.82. The van der Waals surface area contributed by atoms with Gasteiger partial charge in [0.15, 0.2) is 0 Å². The number of imide groups is 1. The molecule has 4 rings (SSSR count). The monoisotopic (exact) mass is 355 g/mol. The Balaban J connectivity index is 1.30. The summed E-state index contributed by atoms with van der Waals surface area (Å²) in [7, 11) is 0. The summed E-state index contributed by atoms with van der Waals surface area (Å²) in [5.41, 5.74) is 0.806. The van der Waals surface area contributed by atoms with Gasteiger partial charge in [-0.2, -0.15) is 0 Å². The van der Waals surface area contributed by atoms with Crippen LogP contribution >= 0.6 is 0 Å². The van der Waals surface area contributed by atoms with Crippen molar-refractivity contribution in [3.63, 3.8) is 0 Å². The van der Waals surface area contributed by atoms with Crippen LogP contribution in [-0.2, 0) is 11.2 Å². The van der Waals surface area contributed by atoms with E-state index in [0.717, 1.165) is 58.0 Å². The summed E-state index contributed by atoms with van der Waals surface area (Å²) in [6, 6.07) is 10.5. The quantitative estimate of drug-likeness (QED) is 0.844. The van der Waals surface area contributed by atoms with Crippen molar-refractivity contribution in [3.8, 4) is 0 Å². The first-order valence-corrected chi connectivity index (χ1v) is 10.1. The van der Waals surface area contributed by atoms with Crippen molar-refractivity contribution in [2.24, 2.45) is 5.92 Å². The van der Waals surface area contributed by atoms with Gasteiger partial charge in [-0.1, -0.05) is 49.6 Å². The minimum Gasteiger partial charge on any atom is -0.323 e. The second kappa shape index (κ2) is 7.39. The van der Waals surface area contributed by atoms with Gasteiger partial charge in [0.1, 0.15) is 5.54 Å². The van der Waals surface area contributed by atoms with Crippen LogP contribution in [-0.4, -0.2) is 47.0 Å². The van der Waals surface area contributed by atoms with Crippen LogP contribution in [0.3, 0.4) is 0 Å². The maximum Gasteiger partial charge on any atom is 0.326 e. The van der Waals surface area contributed by atoms with Gasteiger partial charge in [-0.15, -0.1) is 0 Å². The zero-order valence-corrected chi connectivity index (χ0v) is 15.5. The molecule has 2 saturated heterocycles. The summed E-state index contributed by atoms with van der Waals surface area (Å²) in [6.07, 6.45) is 8.21. The van der Waals surface area contributed by atoms with Crippen LogP contribution in [0.1, 0.15) is 50.5 Å². The van der Waals surface area contributed by atoms with Crippen LogP contribution in [0.15, 0.2) is 30.3 Å². The summed E-state index contributed by atoms with van der Waals surface area (Å²) < 4.78 is 0. The fourth-order valence-electron chi connectivity index (χ4n) is 4.78. The van der Waals surface area contributed by atoms with Crippen LogP contribution in [0.2, 0.25) is 0 Å². The fraction of sp³-hybridized carbons (Fsp3) is 0.619. The van der Waals surface area contributed by atoms with E-state index >= 15 is 0 Å². The van der Waals surface area contributed by atoms with Crippen molar-refractivity contribution in [1.29, 1.82) is 0 Å². The molecule has 5 nitrogen and oxygen atoms in total. The average molecular weight is 355 g/mol. The number of urea groups is 1. The van der Waals surface area contributed by atoms with Crippen molar-refractivity contribution in [1.82, 2.24) is 15.1 Å². The van der Waals surface area contributed by atoms with Gasteiger partial charge in [0.25, 0.3) is 5.91 Å². The Morgan fingerprint density at radius 1 is 1.00 bits per heavy atom. The van der Waals surface area contributed by atoms with Crippen molar-refractivity contribution in [3.05, 3.63) is 35.9 Å². The molecule has 2 heterocycles. The van der Waals surface area contributed by atoms with E-state index < -0.39 is 5.54 Å². The molecule has 1 spiro atoms.